The lowest BCUT2D eigenvalue weighted by Gasteiger charge is -2.20. The second kappa shape index (κ2) is 4.66. The highest BCUT2D eigenvalue weighted by molar-refractivity contribution is 6.30. The predicted molar refractivity (Wildman–Crippen MR) is 64.5 cm³/mol. The quantitative estimate of drug-likeness (QED) is 0.825. The summed E-state index contributed by atoms with van der Waals surface area (Å²) < 4.78 is 0. The van der Waals surface area contributed by atoms with Gasteiger partial charge in [0, 0.05) is 10.7 Å². The van der Waals surface area contributed by atoms with Gasteiger partial charge >= 0.3 is 0 Å². The Bertz CT molecular complexity index is 410. The van der Waals surface area contributed by atoms with Crippen LogP contribution in [-0.4, -0.2) is 11.7 Å². The van der Waals surface area contributed by atoms with Crippen molar-refractivity contribution in [1.82, 2.24) is 0 Å². The molecule has 0 heterocycles. The summed E-state index contributed by atoms with van der Waals surface area (Å²) in [5.41, 5.74) is -0.386. The van der Waals surface area contributed by atoms with Gasteiger partial charge in [0.05, 0.1) is 0 Å². The zero-order valence-corrected chi connectivity index (χ0v) is 10.3. The summed E-state index contributed by atoms with van der Waals surface area (Å²) in [5.74, 6) is -0.485. The summed E-state index contributed by atoms with van der Waals surface area (Å²) in [4.78, 5) is 23.1. The third kappa shape index (κ3) is 2.83. The molecule has 1 N–H and O–H groups in total. The lowest BCUT2D eigenvalue weighted by atomic mass is 9.88. The number of amides is 1. The Morgan fingerprint density at radius 3 is 2.12 bits per heavy atom. The maximum atomic E-state index is 11.8. The van der Waals surface area contributed by atoms with Crippen molar-refractivity contribution in [3.05, 3.63) is 29.3 Å². The summed E-state index contributed by atoms with van der Waals surface area (Å²) in [5, 5.41) is 3.27. The fourth-order valence-corrected chi connectivity index (χ4v) is 1.11. The van der Waals surface area contributed by atoms with Gasteiger partial charge in [0.25, 0.3) is 0 Å². The van der Waals surface area contributed by atoms with Crippen molar-refractivity contribution in [2.75, 3.05) is 5.32 Å². The fourth-order valence-electron chi connectivity index (χ4n) is 0.980. The fraction of sp³-hybridized carbons (Fsp3) is 0.333. The van der Waals surface area contributed by atoms with Gasteiger partial charge < -0.3 is 5.32 Å². The molecule has 4 heteroatoms. The monoisotopic (exact) mass is 239 g/mol. The van der Waals surface area contributed by atoms with Crippen molar-refractivity contribution in [3.63, 3.8) is 0 Å². The molecule has 86 valence electrons. The maximum absolute atomic E-state index is 11.8. The Morgan fingerprint density at radius 2 is 1.69 bits per heavy atom. The number of benzene rings is 1. The number of carbonyl (C=O) groups is 2. The van der Waals surface area contributed by atoms with Crippen LogP contribution in [0.2, 0.25) is 5.02 Å². The molecule has 0 bridgehead atoms. The molecule has 0 aliphatic rings. The van der Waals surface area contributed by atoms with Crippen molar-refractivity contribution in [2.45, 2.75) is 20.8 Å². The van der Waals surface area contributed by atoms with Gasteiger partial charge in [-0.2, -0.15) is 0 Å². The zero-order valence-electron chi connectivity index (χ0n) is 9.50. The number of anilines is 1. The highest BCUT2D eigenvalue weighted by atomic mass is 35.5. The number of ketones is 1. The highest BCUT2D eigenvalue weighted by Gasteiger charge is 2.32. The van der Waals surface area contributed by atoms with Crippen LogP contribution in [0.15, 0.2) is 24.3 Å². The molecule has 0 atom stereocenters. The first kappa shape index (κ1) is 12.7. The van der Waals surface area contributed by atoms with E-state index in [1.54, 1.807) is 38.1 Å². The maximum Gasteiger partial charge on any atom is 0.237 e. The summed E-state index contributed by atoms with van der Waals surface area (Å²) in [6, 6.07) is 6.74. The molecule has 0 aliphatic carbocycles. The molecule has 16 heavy (non-hydrogen) atoms. The van der Waals surface area contributed by atoms with Crippen LogP contribution in [0.1, 0.15) is 20.8 Å². The van der Waals surface area contributed by atoms with Crippen LogP contribution in [0.4, 0.5) is 5.69 Å². The minimum absolute atomic E-state index is 0.168. The van der Waals surface area contributed by atoms with Crippen molar-refractivity contribution >= 4 is 29.0 Å². The van der Waals surface area contributed by atoms with E-state index in [-0.39, 0.29) is 11.7 Å². The van der Waals surface area contributed by atoms with Gasteiger partial charge in [-0.25, -0.2) is 0 Å². The molecule has 0 unspecified atom stereocenters. The van der Waals surface area contributed by atoms with Gasteiger partial charge in [-0.3, -0.25) is 9.59 Å². The van der Waals surface area contributed by atoms with E-state index < -0.39 is 5.41 Å². The highest BCUT2D eigenvalue weighted by Crippen LogP contribution is 2.20. The Labute approximate surface area is 99.8 Å². The van der Waals surface area contributed by atoms with Crippen molar-refractivity contribution in [1.29, 1.82) is 0 Å². The molecule has 0 radical (unpaired) electrons. The first-order valence-electron chi connectivity index (χ1n) is 4.92. The molecule has 0 aromatic heterocycles. The molecule has 0 spiro atoms. The average molecular weight is 240 g/mol. The second-order valence-corrected chi connectivity index (χ2v) is 4.58. The number of Topliss-reactive ketones (excluding diaryl/α,β-unsaturated/α-hetero) is 1. The molecule has 0 fully saturated rings. The van der Waals surface area contributed by atoms with E-state index in [9.17, 15) is 9.59 Å². The average Bonchev–Trinajstić information content (AvgIpc) is 2.21. The molecule has 0 saturated carbocycles. The van der Waals surface area contributed by atoms with Gasteiger partial charge in [0.15, 0.2) is 0 Å². The van der Waals surface area contributed by atoms with Gasteiger partial charge in [0.2, 0.25) is 5.91 Å². The third-order valence-electron chi connectivity index (χ3n) is 2.55. The molecular formula is C12H14ClNO2. The van der Waals surface area contributed by atoms with Crippen LogP contribution in [-0.2, 0) is 9.59 Å². The van der Waals surface area contributed by atoms with E-state index in [1.165, 1.54) is 6.92 Å². The minimum Gasteiger partial charge on any atom is -0.325 e. The number of halogens is 1. The molecule has 3 nitrogen and oxygen atoms in total. The molecule has 1 rings (SSSR count). The predicted octanol–water partition coefficient (Wildman–Crippen LogP) is 2.89. The van der Waals surface area contributed by atoms with Crippen molar-refractivity contribution in [2.24, 2.45) is 5.41 Å². The Balaban J connectivity index is 2.79. The lowest BCUT2D eigenvalue weighted by molar-refractivity contribution is -0.135. The number of rotatable bonds is 3. The first-order chi connectivity index (χ1) is 7.34. The largest absolute Gasteiger partial charge is 0.325 e. The zero-order chi connectivity index (χ0) is 12.3. The Hall–Kier alpha value is -1.35. The number of carbonyl (C=O) groups excluding carboxylic acids is 2. The van der Waals surface area contributed by atoms with E-state index in [2.05, 4.69) is 5.32 Å². The molecule has 1 aromatic rings. The molecule has 0 aliphatic heterocycles. The molecule has 1 amide bonds. The number of hydrogen-bond acceptors (Lipinski definition) is 2. The van der Waals surface area contributed by atoms with Gasteiger partial charge in [-0.15, -0.1) is 0 Å². The summed E-state index contributed by atoms with van der Waals surface area (Å²) in [7, 11) is 0. The van der Waals surface area contributed by atoms with Gasteiger partial charge in [-0.05, 0) is 45.0 Å². The van der Waals surface area contributed by atoms with E-state index >= 15 is 0 Å². The first-order valence-corrected chi connectivity index (χ1v) is 5.30. The Morgan fingerprint density at radius 1 is 1.19 bits per heavy atom. The van der Waals surface area contributed by atoms with Crippen molar-refractivity contribution < 1.29 is 9.59 Å². The molecular weight excluding hydrogens is 226 g/mol. The third-order valence-corrected chi connectivity index (χ3v) is 2.80. The SMILES string of the molecule is CC(=O)C(C)(C)C(=O)Nc1ccc(Cl)cc1. The van der Waals surface area contributed by atoms with Crippen LogP contribution in [0.5, 0.6) is 0 Å². The van der Waals surface area contributed by atoms with E-state index in [4.69, 9.17) is 11.6 Å². The summed E-state index contributed by atoms with van der Waals surface area (Å²) in [6.07, 6.45) is 0. The molecule has 0 saturated heterocycles. The summed E-state index contributed by atoms with van der Waals surface area (Å²) >= 11 is 5.72. The van der Waals surface area contributed by atoms with E-state index in [0.717, 1.165) is 0 Å². The van der Waals surface area contributed by atoms with Crippen LogP contribution < -0.4 is 5.32 Å². The van der Waals surface area contributed by atoms with Crippen LogP contribution in [0, 0.1) is 5.41 Å². The van der Waals surface area contributed by atoms with Gasteiger partial charge in [0.1, 0.15) is 11.2 Å². The summed E-state index contributed by atoms with van der Waals surface area (Å²) in [6.45, 7) is 4.60. The smallest absolute Gasteiger partial charge is 0.237 e. The normalized spacial score (nSPS) is 11.0. The van der Waals surface area contributed by atoms with E-state index in [1.807, 2.05) is 0 Å². The van der Waals surface area contributed by atoms with Crippen LogP contribution >= 0.6 is 11.6 Å². The standard InChI is InChI=1S/C12H14ClNO2/c1-8(15)12(2,3)11(16)14-10-6-4-9(13)5-7-10/h4-7H,1-3H3,(H,14,16). The number of nitrogens with one attached hydrogen (secondary N) is 1. The topological polar surface area (TPSA) is 46.2 Å². The van der Waals surface area contributed by atoms with Gasteiger partial charge in [-0.1, -0.05) is 11.6 Å². The van der Waals surface area contributed by atoms with Crippen LogP contribution in [0.25, 0.3) is 0 Å². The number of hydrogen-bond donors (Lipinski definition) is 1. The van der Waals surface area contributed by atoms with Crippen molar-refractivity contribution in [3.8, 4) is 0 Å². The lowest BCUT2D eigenvalue weighted by Crippen LogP contribution is -2.36. The Kier molecular flexibility index (Phi) is 3.70. The second-order valence-electron chi connectivity index (χ2n) is 4.14. The molecule has 1 aromatic carbocycles. The van der Waals surface area contributed by atoms with E-state index in [0.29, 0.717) is 10.7 Å². The minimum atomic E-state index is -1.01. The van der Waals surface area contributed by atoms with Crippen LogP contribution in [0.3, 0.4) is 0 Å².